The summed E-state index contributed by atoms with van der Waals surface area (Å²) in [7, 11) is 4.33. The Bertz CT molecular complexity index is 1450. The van der Waals surface area contributed by atoms with Crippen molar-refractivity contribution < 1.29 is 14.3 Å². The summed E-state index contributed by atoms with van der Waals surface area (Å²) in [6.07, 6.45) is 4.08. The lowest BCUT2D eigenvalue weighted by Crippen LogP contribution is -2.44. The molecule has 2 aliphatic heterocycles. The molecular formula is C30H36ClN3O4. The van der Waals surface area contributed by atoms with E-state index in [0.717, 1.165) is 48.1 Å². The summed E-state index contributed by atoms with van der Waals surface area (Å²) in [6.45, 7) is 8.63. The smallest absolute Gasteiger partial charge is 0.254 e. The van der Waals surface area contributed by atoms with Crippen LogP contribution in [0.4, 0.5) is 0 Å². The van der Waals surface area contributed by atoms with Crippen molar-refractivity contribution in [3.8, 4) is 11.5 Å². The first-order valence-corrected chi connectivity index (χ1v) is 14.2. The number of nitrogens with one attached hydrogen (secondary N) is 1. The molecule has 1 N–H and O–H groups in total. The van der Waals surface area contributed by atoms with Crippen LogP contribution in [0.15, 0.2) is 10.9 Å². The summed E-state index contributed by atoms with van der Waals surface area (Å²) >= 11 is 7.11. The lowest BCUT2D eigenvalue weighted by molar-refractivity contribution is -0.113. The number of aromatic amines is 1. The molecule has 8 heteroatoms. The zero-order valence-electron chi connectivity index (χ0n) is 23.0. The van der Waals surface area contributed by atoms with Gasteiger partial charge in [-0.1, -0.05) is 11.6 Å². The minimum Gasteiger partial charge on any atom is -0.448 e. The molecule has 1 aromatic heterocycles. The third-order valence-electron chi connectivity index (χ3n) is 10.2. The quantitative estimate of drug-likeness (QED) is 0.611. The van der Waals surface area contributed by atoms with E-state index in [1.807, 2.05) is 38.7 Å². The number of carbonyl (C=O) groups is 1. The first kappa shape index (κ1) is 24.5. The van der Waals surface area contributed by atoms with E-state index in [9.17, 15) is 9.59 Å². The molecule has 202 valence electrons. The lowest BCUT2D eigenvalue weighted by atomic mass is 9.83. The molecule has 0 bridgehead atoms. The molecule has 38 heavy (non-hydrogen) atoms. The molecule has 0 radical (unpaired) electrons. The summed E-state index contributed by atoms with van der Waals surface area (Å²) in [5, 5.41) is 0.536. The van der Waals surface area contributed by atoms with Gasteiger partial charge >= 0.3 is 0 Å². The summed E-state index contributed by atoms with van der Waals surface area (Å²) in [4.78, 5) is 33.8. The number of rotatable bonds is 4. The molecule has 1 spiro atoms. The summed E-state index contributed by atoms with van der Waals surface area (Å²) < 4.78 is 13.2. The van der Waals surface area contributed by atoms with Crippen LogP contribution in [0.2, 0.25) is 5.02 Å². The normalized spacial score (nSPS) is 31.7. The van der Waals surface area contributed by atoms with Gasteiger partial charge in [0.15, 0.2) is 11.5 Å². The van der Waals surface area contributed by atoms with Gasteiger partial charge in [-0.25, -0.2) is 0 Å². The van der Waals surface area contributed by atoms with Gasteiger partial charge in [0.2, 0.25) is 0 Å². The predicted octanol–water partition coefficient (Wildman–Crippen LogP) is 4.71. The molecule has 7 rings (SSSR count). The Morgan fingerprint density at radius 3 is 2.37 bits per heavy atom. The number of hydrogen-bond donors (Lipinski definition) is 1. The highest BCUT2D eigenvalue weighted by molar-refractivity contribution is 6.34. The minimum atomic E-state index is -0.781. The SMILES string of the molecule is Cc1cc(C)c(CN2CC3(CC3)c3c(Cl)c4c(c(C)c3C2=O)OC(C)(C2CC3C(C2)C3N(C)C)O4)c(=O)[nH]1. The van der Waals surface area contributed by atoms with E-state index in [-0.39, 0.29) is 29.3 Å². The number of halogens is 1. The number of hydrogen-bond acceptors (Lipinski definition) is 5. The Morgan fingerprint density at radius 1 is 1.11 bits per heavy atom. The Morgan fingerprint density at radius 2 is 1.76 bits per heavy atom. The van der Waals surface area contributed by atoms with Crippen LogP contribution >= 0.6 is 11.6 Å². The van der Waals surface area contributed by atoms with E-state index in [1.54, 1.807) is 0 Å². The highest BCUT2D eigenvalue weighted by atomic mass is 35.5. The topological polar surface area (TPSA) is 74.9 Å². The monoisotopic (exact) mass is 537 g/mol. The zero-order valence-corrected chi connectivity index (χ0v) is 23.8. The number of H-pyrrole nitrogens is 1. The van der Waals surface area contributed by atoms with Crippen molar-refractivity contribution in [1.29, 1.82) is 0 Å². The molecule has 2 aromatic rings. The molecule has 3 aliphatic carbocycles. The molecule has 0 saturated heterocycles. The second-order valence-corrected chi connectivity index (χ2v) is 13.3. The van der Waals surface area contributed by atoms with Gasteiger partial charge < -0.3 is 24.3 Å². The summed E-state index contributed by atoms with van der Waals surface area (Å²) in [6, 6.07) is 2.62. The summed E-state index contributed by atoms with van der Waals surface area (Å²) in [5.41, 5.74) is 4.38. The van der Waals surface area contributed by atoms with Crippen molar-refractivity contribution in [3.05, 3.63) is 55.0 Å². The molecule has 1 amide bonds. The number of nitrogens with zero attached hydrogens (tertiary/aromatic N) is 2. The van der Waals surface area contributed by atoms with Crippen molar-refractivity contribution in [1.82, 2.24) is 14.8 Å². The van der Waals surface area contributed by atoms with Crippen molar-refractivity contribution in [2.75, 3.05) is 20.6 Å². The average Bonchev–Trinajstić information content (AvgIpc) is 3.66. The first-order chi connectivity index (χ1) is 17.9. The largest absolute Gasteiger partial charge is 0.448 e. The molecule has 5 aliphatic rings. The number of carbonyl (C=O) groups excluding carboxylic acids is 1. The fraction of sp³-hybridized carbons (Fsp3) is 0.600. The van der Waals surface area contributed by atoms with Crippen LogP contribution in [-0.2, 0) is 12.0 Å². The number of benzene rings is 1. The average molecular weight is 538 g/mol. The van der Waals surface area contributed by atoms with Gasteiger partial charge in [0, 0.05) is 47.7 Å². The van der Waals surface area contributed by atoms with Crippen molar-refractivity contribution in [2.24, 2.45) is 17.8 Å². The van der Waals surface area contributed by atoms with Crippen LogP contribution < -0.4 is 15.0 Å². The van der Waals surface area contributed by atoms with Gasteiger partial charge in [0.25, 0.3) is 17.3 Å². The molecule has 1 aromatic carbocycles. The number of pyridine rings is 1. The highest BCUT2D eigenvalue weighted by Gasteiger charge is 2.63. The second kappa shape index (κ2) is 7.79. The van der Waals surface area contributed by atoms with Crippen LogP contribution in [0.1, 0.15) is 70.9 Å². The maximum atomic E-state index is 14.0. The van der Waals surface area contributed by atoms with Gasteiger partial charge in [-0.3, -0.25) is 9.59 Å². The van der Waals surface area contributed by atoms with E-state index in [4.69, 9.17) is 21.1 Å². The molecule has 3 heterocycles. The van der Waals surface area contributed by atoms with Gasteiger partial charge in [0.05, 0.1) is 17.1 Å². The number of fused-ring (bicyclic) bond motifs is 4. The highest BCUT2D eigenvalue weighted by Crippen LogP contribution is 2.64. The third-order valence-corrected chi connectivity index (χ3v) is 10.5. The van der Waals surface area contributed by atoms with E-state index in [0.29, 0.717) is 52.1 Å². The van der Waals surface area contributed by atoms with Crippen LogP contribution in [0.3, 0.4) is 0 Å². The fourth-order valence-corrected chi connectivity index (χ4v) is 8.42. The first-order valence-electron chi connectivity index (χ1n) is 13.8. The van der Waals surface area contributed by atoms with Gasteiger partial charge in [-0.2, -0.15) is 0 Å². The Labute approximate surface area is 228 Å². The number of aromatic nitrogens is 1. The molecule has 3 fully saturated rings. The number of ether oxygens (including phenoxy) is 2. The van der Waals surface area contributed by atoms with Crippen LogP contribution in [0.5, 0.6) is 11.5 Å². The zero-order chi connectivity index (χ0) is 26.9. The molecule has 3 unspecified atom stereocenters. The summed E-state index contributed by atoms with van der Waals surface area (Å²) in [5.74, 6) is 2.03. The molecule has 3 saturated carbocycles. The van der Waals surface area contributed by atoms with E-state index >= 15 is 0 Å². The van der Waals surface area contributed by atoms with Crippen LogP contribution in [0, 0.1) is 38.5 Å². The lowest BCUT2D eigenvalue weighted by Gasteiger charge is -2.36. The van der Waals surface area contributed by atoms with Crippen LogP contribution in [-0.4, -0.2) is 53.2 Å². The Hall–Kier alpha value is -2.51. The number of amides is 1. The third kappa shape index (κ3) is 3.30. The van der Waals surface area contributed by atoms with Gasteiger partial charge in [-0.05, 0) is 89.6 Å². The van der Waals surface area contributed by atoms with Gasteiger partial charge in [-0.15, -0.1) is 0 Å². The fourth-order valence-electron chi connectivity index (χ4n) is 8.00. The van der Waals surface area contributed by atoms with Crippen molar-refractivity contribution >= 4 is 17.5 Å². The minimum absolute atomic E-state index is 0.0905. The van der Waals surface area contributed by atoms with E-state index < -0.39 is 5.79 Å². The Kier molecular flexibility index (Phi) is 5.02. The van der Waals surface area contributed by atoms with Gasteiger partial charge in [0.1, 0.15) is 0 Å². The standard InChI is InChI=1S/C30H36ClN3O4/c1-14-9-15(2)32-27(35)20(14)12-34-13-30(7-8-30)22-21(28(34)36)16(3)25-26(23(22)31)38-29(4,37-25)17-10-18-19(11-17)24(18)33(5)6/h9,17-19,24H,7-8,10-13H2,1-6H3,(H,32,35). The molecular weight excluding hydrogens is 502 g/mol. The molecule has 7 nitrogen and oxygen atoms in total. The van der Waals surface area contributed by atoms with E-state index in [1.165, 1.54) is 0 Å². The second-order valence-electron chi connectivity index (χ2n) is 12.9. The maximum Gasteiger partial charge on any atom is 0.254 e. The van der Waals surface area contributed by atoms with Crippen molar-refractivity contribution in [2.45, 2.75) is 77.2 Å². The predicted molar refractivity (Wildman–Crippen MR) is 145 cm³/mol. The maximum absolute atomic E-state index is 14.0. The molecule has 3 atom stereocenters. The van der Waals surface area contributed by atoms with Crippen molar-refractivity contribution in [3.63, 3.8) is 0 Å². The van der Waals surface area contributed by atoms with E-state index in [2.05, 4.69) is 24.0 Å². The van der Waals surface area contributed by atoms with Crippen LogP contribution in [0.25, 0.3) is 0 Å². The number of aryl methyl sites for hydroxylation is 2. The Balaban J connectivity index is 1.23.